The first-order chi connectivity index (χ1) is 9.08. The van der Waals surface area contributed by atoms with E-state index >= 15 is 0 Å². The molecule has 1 aromatic heterocycles. The molecule has 0 aliphatic rings. The second kappa shape index (κ2) is 5.75. The van der Waals surface area contributed by atoms with Crippen molar-refractivity contribution in [1.29, 1.82) is 0 Å². The standard InChI is InChI=1S/C14H18N4O/c1-10(2)15-8-11(3)9-18-14(19)12-6-4-5-7-13(12)16-17-18/h4-7,10,15H,3,8-9H2,1-2H3. The van der Waals surface area contributed by atoms with Gasteiger partial charge in [-0.3, -0.25) is 4.79 Å². The van der Waals surface area contributed by atoms with Crippen molar-refractivity contribution in [2.75, 3.05) is 6.54 Å². The van der Waals surface area contributed by atoms with E-state index in [1.165, 1.54) is 4.68 Å². The lowest BCUT2D eigenvalue weighted by molar-refractivity contribution is 0.558. The lowest BCUT2D eigenvalue weighted by Gasteiger charge is -2.11. The van der Waals surface area contributed by atoms with Gasteiger partial charge in [0.25, 0.3) is 5.56 Å². The SMILES string of the molecule is C=C(CNC(C)C)Cn1nnc2ccccc2c1=O. The average Bonchev–Trinajstić information content (AvgIpc) is 2.40. The lowest BCUT2D eigenvalue weighted by atomic mass is 10.2. The Morgan fingerprint density at radius 2 is 2.16 bits per heavy atom. The smallest absolute Gasteiger partial charge is 0.277 e. The second-order valence-corrected chi connectivity index (χ2v) is 4.85. The maximum absolute atomic E-state index is 12.2. The molecule has 5 heteroatoms. The second-order valence-electron chi connectivity index (χ2n) is 4.85. The minimum absolute atomic E-state index is 0.128. The molecular weight excluding hydrogens is 240 g/mol. The number of hydrogen-bond acceptors (Lipinski definition) is 4. The molecular formula is C14H18N4O. The Morgan fingerprint density at radius 3 is 2.89 bits per heavy atom. The molecule has 0 unspecified atom stereocenters. The highest BCUT2D eigenvalue weighted by atomic mass is 16.1. The molecule has 5 nitrogen and oxygen atoms in total. The summed E-state index contributed by atoms with van der Waals surface area (Å²) in [5.41, 5.74) is 1.39. The van der Waals surface area contributed by atoms with Gasteiger partial charge >= 0.3 is 0 Å². The third-order valence-electron chi connectivity index (χ3n) is 2.76. The summed E-state index contributed by atoms with van der Waals surface area (Å²) in [6, 6.07) is 7.59. The first-order valence-electron chi connectivity index (χ1n) is 6.30. The number of aromatic nitrogens is 3. The molecule has 0 amide bonds. The fourth-order valence-corrected chi connectivity index (χ4v) is 1.74. The molecule has 100 valence electrons. The fourth-order valence-electron chi connectivity index (χ4n) is 1.74. The molecule has 1 N–H and O–H groups in total. The fraction of sp³-hybridized carbons (Fsp3) is 0.357. The van der Waals surface area contributed by atoms with E-state index < -0.39 is 0 Å². The minimum atomic E-state index is -0.128. The van der Waals surface area contributed by atoms with Crippen LogP contribution in [0.4, 0.5) is 0 Å². The van der Waals surface area contributed by atoms with Gasteiger partial charge in [0.05, 0.1) is 11.9 Å². The van der Waals surface area contributed by atoms with E-state index in [4.69, 9.17) is 0 Å². The number of nitrogens with zero attached hydrogens (tertiary/aromatic N) is 3. The van der Waals surface area contributed by atoms with Gasteiger partial charge in [-0.2, -0.15) is 0 Å². The largest absolute Gasteiger partial charge is 0.311 e. The quantitative estimate of drug-likeness (QED) is 0.822. The van der Waals surface area contributed by atoms with Crippen LogP contribution in [-0.4, -0.2) is 27.6 Å². The molecule has 0 atom stereocenters. The Labute approximate surface area is 111 Å². The van der Waals surface area contributed by atoms with Crippen LogP contribution in [0.5, 0.6) is 0 Å². The van der Waals surface area contributed by atoms with E-state index in [9.17, 15) is 4.79 Å². The van der Waals surface area contributed by atoms with Crippen molar-refractivity contribution in [2.45, 2.75) is 26.4 Å². The molecule has 0 spiro atoms. The van der Waals surface area contributed by atoms with E-state index in [2.05, 4.69) is 36.1 Å². The first kappa shape index (κ1) is 13.4. The summed E-state index contributed by atoms with van der Waals surface area (Å²) < 4.78 is 1.35. The summed E-state index contributed by atoms with van der Waals surface area (Å²) in [6.07, 6.45) is 0. The minimum Gasteiger partial charge on any atom is -0.311 e. The van der Waals surface area contributed by atoms with Crippen LogP contribution in [0.25, 0.3) is 10.9 Å². The van der Waals surface area contributed by atoms with Gasteiger partial charge in [0.1, 0.15) is 5.52 Å². The Morgan fingerprint density at radius 1 is 1.42 bits per heavy atom. The van der Waals surface area contributed by atoms with Crippen molar-refractivity contribution in [3.8, 4) is 0 Å². The molecule has 0 saturated heterocycles. The molecule has 0 bridgehead atoms. The normalized spacial score (nSPS) is 11.1. The van der Waals surface area contributed by atoms with Gasteiger partial charge in [0.15, 0.2) is 0 Å². The van der Waals surface area contributed by atoms with Crippen LogP contribution in [0.15, 0.2) is 41.2 Å². The van der Waals surface area contributed by atoms with Gasteiger partial charge in [-0.25, -0.2) is 4.68 Å². The van der Waals surface area contributed by atoms with Crippen molar-refractivity contribution in [2.24, 2.45) is 0 Å². The third kappa shape index (κ3) is 3.26. The van der Waals surface area contributed by atoms with Gasteiger partial charge < -0.3 is 5.32 Å². The lowest BCUT2D eigenvalue weighted by Crippen LogP contribution is -2.29. The number of fused-ring (bicyclic) bond motifs is 1. The topological polar surface area (TPSA) is 59.8 Å². The highest BCUT2D eigenvalue weighted by molar-refractivity contribution is 5.76. The number of rotatable bonds is 5. The van der Waals surface area contributed by atoms with Gasteiger partial charge in [0.2, 0.25) is 0 Å². The molecule has 0 saturated carbocycles. The molecule has 1 heterocycles. The Balaban J connectivity index is 2.20. The molecule has 19 heavy (non-hydrogen) atoms. The summed E-state index contributed by atoms with van der Waals surface area (Å²) >= 11 is 0. The summed E-state index contributed by atoms with van der Waals surface area (Å²) in [7, 11) is 0. The Hall–Kier alpha value is -2.01. The van der Waals surface area contributed by atoms with Crippen LogP contribution >= 0.6 is 0 Å². The van der Waals surface area contributed by atoms with Crippen LogP contribution in [0.2, 0.25) is 0 Å². The number of hydrogen-bond donors (Lipinski definition) is 1. The zero-order valence-electron chi connectivity index (χ0n) is 11.3. The van der Waals surface area contributed by atoms with Crippen LogP contribution in [-0.2, 0) is 6.54 Å². The van der Waals surface area contributed by atoms with Crippen LogP contribution in [0.3, 0.4) is 0 Å². The van der Waals surface area contributed by atoms with Crippen LogP contribution in [0, 0.1) is 0 Å². The van der Waals surface area contributed by atoms with Gasteiger partial charge in [-0.15, -0.1) is 5.10 Å². The summed E-state index contributed by atoms with van der Waals surface area (Å²) in [4.78, 5) is 12.2. The molecule has 0 fully saturated rings. The van der Waals surface area contributed by atoms with Gasteiger partial charge in [-0.05, 0) is 17.7 Å². The third-order valence-corrected chi connectivity index (χ3v) is 2.76. The summed E-state index contributed by atoms with van der Waals surface area (Å²) in [5.74, 6) is 0. The zero-order valence-corrected chi connectivity index (χ0v) is 11.3. The van der Waals surface area contributed by atoms with E-state index in [0.29, 0.717) is 30.0 Å². The van der Waals surface area contributed by atoms with Gasteiger partial charge in [-0.1, -0.05) is 37.8 Å². The Bertz CT molecular complexity index is 645. The predicted octanol–water partition coefficient (Wildman–Crippen LogP) is 1.35. The summed E-state index contributed by atoms with van der Waals surface area (Å²) in [6.45, 7) is 9.13. The van der Waals surface area contributed by atoms with E-state index in [0.717, 1.165) is 5.57 Å². The van der Waals surface area contributed by atoms with Crippen molar-refractivity contribution in [1.82, 2.24) is 20.3 Å². The zero-order chi connectivity index (χ0) is 13.8. The average molecular weight is 258 g/mol. The maximum Gasteiger partial charge on any atom is 0.277 e. The van der Waals surface area contributed by atoms with Crippen LogP contribution in [0.1, 0.15) is 13.8 Å². The Kier molecular flexibility index (Phi) is 4.06. The number of benzene rings is 1. The molecule has 0 radical (unpaired) electrons. The van der Waals surface area contributed by atoms with Crippen molar-refractivity contribution in [3.05, 3.63) is 46.8 Å². The molecule has 2 aromatic rings. The molecule has 1 aromatic carbocycles. The van der Waals surface area contributed by atoms with Crippen molar-refractivity contribution in [3.63, 3.8) is 0 Å². The maximum atomic E-state index is 12.2. The molecule has 0 aliphatic heterocycles. The van der Waals surface area contributed by atoms with E-state index in [-0.39, 0.29) is 5.56 Å². The van der Waals surface area contributed by atoms with Gasteiger partial charge in [0, 0.05) is 12.6 Å². The van der Waals surface area contributed by atoms with E-state index in [1.807, 2.05) is 12.1 Å². The van der Waals surface area contributed by atoms with Crippen molar-refractivity contribution >= 4 is 10.9 Å². The highest BCUT2D eigenvalue weighted by Gasteiger charge is 2.06. The molecule has 2 rings (SSSR count). The monoisotopic (exact) mass is 258 g/mol. The highest BCUT2D eigenvalue weighted by Crippen LogP contribution is 2.04. The predicted molar refractivity (Wildman–Crippen MR) is 76.1 cm³/mol. The first-order valence-corrected chi connectivity index (χ1v) is 6.30. The van der Waals surface area contributed by atoms with Crippen LogP contribution < -0.4 is 10.9 Å². The van der Waals surface area contributed by atoms with E-state index in [1.54, 1.807) is 12.1 Å². The van der Waals surface area contributed by atoms with Crippen molar-refractivity contribution < 1.29 is 0 Å². The molecule has 0 aliphatic carbocycles. The number of nitrogens with one attached hydrogen (secondary N) is 1. The summed E-state index contributed by atoms with van der Waals surface area (Å²) in [5, 5.41) is 11.8.